The molecule has 2 N–H and O–H groups in total. The second kappa shape index (κ2) is 11.0. The van der Waals surface area contributed by atoms with Crippen molar-refractivity contribution >= 4 is 32.3 Å². The van der Waals surface area contributed by atoms with Crippen LogP contribution in [0.5, 0.6) is 5.75 Å². The summed E-state index contributed by atoms with van der Waals surface area (Å²) in [6, 6.07) is 6.66. The van der Waals surface area contributed by atoms with Crippen LogP contribution in [0.15, 0.2) is 60.1 Å². The summed E-state index contributed by atoms with van der Waals surface area (Å²) in [6.45, 7) is 2.52. The number of hydrogen-bond acceptors (Lipinski definition) is 5. The SMILES string of the molecule is CC(F)(c1cc(F)ccc1-c1sc2c(ccc3[nH]ncc32)c1OC1=CC=C(NC2CN(CCCF)C2)CC1)C(F)(F)F. The molecule has 222 valence electrons. The molecule has 1 aliphatic carbocycles. The maximum absolute atomic E-state index is 15.4. The minimum absolute atomic E-state index is 0.0943. The number of aromatic amines is 1. The van der Waals surface area contributed by atoms with E-state index in [-0.39, 0.29) is 28.9 Å². The van der Waals surface area contributed by atoms with Crippen molar-refractivity contribution in [3.63, 3.8) is 0 Å². The quantitative estimate of drug-likeness (QED) is 0.190. The van der Waals surface area contributed by atoms with Crippen LogP contribution in [-0.2, 0) is 5.67 Å². The van der Waals surface area contributed by atoms with E-state index in [0.717, 1.165) is 53.6 Å². The van der Waals surface area contributed by atoms with Crippen LogP contribution in [0.2, 0.25) is 0 Å². The fraction of sp³-hybridized carbons (Fsp3) is 0.367. The average molecular weight is 607 g/mol. The molecule has 4 aromatic rings. The normalized spacial score (nSPS) is 18.1. The number of allylic oxidation sites excluding steroid dienone is 4. The van der Waals surface area contributed by atoms with Gasteiger partial charge in [0.25, 0.3) is 0 Å². The molecule has 1 fully saturated rings. The van der Waals surface area contributed by atoms with E-state index in [1.165, 1.54) is 6.07 Å². The second-order valence-corrected chi connectivity index (χ2v) is 11.8. The number of fused-ring (bicyclic) bond motifs is 3. The van der Waals surface area contributed by atoms with E-state index < -0.39 is 23.2 Å². The van der Waals surface area contributed by atoms with E-state index in [0.29, 0.717) is 48.1 Å². The first-order valence-corrected chi connectivity index (χ1v) is 14.4. The van der Waals surface area contributed by atoms with E-state index in [1.807, 2.05) is 12.2 Å². The van der Waals surface area contributed by atoms with Crippen molar-refractivity contribution in [3.05, 3.63) is 71.5 Å². The Balaban J connectivity index is 1.36. The van der Waals surface area contributed by atoms with Crippen LogP contribution in [0.3, 0.4) is 0 Å². The number of aromatic nitrogens is 2. The molecule has 0 amide bonds. The summed E-state index contributed by atoms with van der Waals surface area (Å²) < 4.78 is 90.7. The van der Waals surface area contributed by atoms with Gasteiger partial charge in [0.15, 0.2) is 5.75 Å². The molecule has 12 heteroatoms. The molecule has 0 saturated carbocycles. The van der Waals surface area contributed by atoms with Crippen molar-refractivity contribution in [1.82, 2.24) is 20.4 Å². The molecule has 5 nitrogen and oxygen atoms in total. The second-order valence-electron chi connectivity index (χ2n) is 10.8. The monoisotopic (exact) mass is 606 g/mol. The summed E-state index contributed by atoms with van der Waals surface area (Å²) >= 11 is 1.15. The number of ether oxygens (including phenoxy) is 1. The summed E-state index contributed by atoms with van der Waals surface area (Å²) in [5, 5.41) is 11.8. The number of likely N-dealkylation sites (tertiary alicyclic amines) is 1. The van der Waals surface area contributed by atoms with Crippen molar-refractivity contribution in [2.24, 2.45) is 0 Å². The Morgan fingerprint density at radius 3 is 2.62 bits per heavy atom. The zero-order chi connectivity index (χ0) is 29.6. The highest BCUT2D eigenvalue weighted by Crippen LogP contribution is 2.52. The lowest BCUT2D eigenvalue weighted by Gasteiger charge is -2.40. The third kappa shape index (κ3) is 5.26. The topological polar surface area (TPSA) is 53.2 Å². The van der Waals surface area contributed by atoms with Crippen molar-refractivity contribution < 1.29 is 31.1 Å². The Bertz CT molecular complexity index is 1680. The van der Waals surface area contributed by atoms with Gasteiger partial charge in [0.1, 0.15) is 11.6 Å². The van der Waals surface area contributed by atoms with E-state index in [2.05, 4.69) is 20.4 Å². The number of halogens is 6. The van der Waals surface area contributed by atoms with Gasteiger partial charge < -0.3 is 10.1 Å². The van der Waals surface area contributed by atoms with Gasteiger partial charge >= 0.3 is 6.18 Å². The molecule has 0 radical (unpaired) electrons. The smallest absolute Gasteiger partial charge is 0.426 e. The number of nitrogens with zero attached hydrogens (tertiary/aromatic N) is 2. The third-order valence-electron chi connectivity index (χ3n) is 7.79. The van der Waals surface area contributed by atoms with Crippen molar-refractivity contribution in [3.8, 4) is 16.2 Å². The summed E-state index contributed by atoms with van der Waals surface area (Å²) in [4.78, 5) is 2.45. The molecule has 42 heavy (non-hydrogen) atoms. The van der Waals surface area contributed by atoms with E-state index in [4.69, 9.17) is 4.74 Å². The standard InChI is InChI=1S/C30H28F6N4OS/c1-29(33,30(34,35)36)24-13-17(32)3-8-21(24)28-26(22-9-10-25-23(14-37-39-25)27(22)42-28)41-20-6-4-18(5-7-20)38-19-15-40(16-19)12-2-11-31/h3-4,6,8-10,13-14,19,38H,2,5,7,11-12,15-16H2,1H3,(H,37,39). The van der Waals surface area contributed by atoms with Gasteiger partial charge in [0, 0.05) is 58.4 Å². The Hall–Kier alpha value is -3.51. The molecule has 1 atom stereocenters. The first-order chi connectivity index (χ1) is 20.0. The molecule has 1 unspecified atom stereocenters. The molecule has 2 aromatic heterocycles. The Morgan fingerprint density at radius 2 is 1.90 bits per heavy atom. The highest BCUT2D eigenvalue weighted by atomic mass is 32.1. The van der Waals surface area contributed by atoms with Gasteiger partial charge in [-0.15, -0.1) is 11.3 Å². The molecule has 1 aliphatic heterocycles. The lowest BCUT2D eigenvalue weighted by atomic mass is 9.91. The third-order valence-corrected chi connectivity index (χ3v) is 9.05. The molecule has 0 bridgehead atoms. The molecular formula is C30H28F6N4OS. The first-order valence-electron chi connectivity index (χ1n) is 13.6. The maximum Gasteiger partial charge on any atom is 0.426 e. The van der Waals surface area contributed by atoms with Gasteiger partial charge in [-0.05, 0) is 56.2 Å². The highest BCUT2D eigenvalue weighted by molar-refractivity contribution is 7.23. The van der Waals surface area contributed by atoms with Gasteiger partial charge in [-0.2, -0.15) is 18.3 Å². The fourth-order valence-corrected chi connectivity index (χ4v) is 6.71. The molecular weight excluding hydrogens is 578 g/mol. The zero-order valence-electron chi connectivity index (χ0n) is 22.6. The van der Waals surface area contributed by atoms with Crippen LogP contribution in [0, 0.1) is 5.82 Å². The average Bonchev–Trinajstić information content (AvgIpc) is 3.55. The summed E-state index contributed by atoms with van der Waals surface area (Å²) in [5.74, 6) is -0.100. The van der Waals surface area contributed by atoms with Gasteiger partial charge in [-0.1, -0.05) is 6.07 Å². The lowest BCUT2D eigenvalue weighted by Crippen LogP contribution is -2.57. The van der Waals surface area contributed by atoms with E-state index >= 15 is 4.39 Å². The zero-order valence-corrected chi connectivity index (χ0v) is 23.4. The van der Waals surface area contributed by atoms with Crippen molar-refractivity contribution in [2.75, 3.05) is 26.3 Å². The molecule has 3 heterocycles. The van der Waals surface area contributed by atoms with Crippen LogP contribution in [0.25, 0.3) is 31.4 Å². The predicted octanol–water partition coefficient (Wildman–Crippen LogP) is 7.90. The molecule has 2 aromatic carbocycles. The van der Waals surface area contributed by atoms with Crippen LogP contribution in [0.4, 0.5) is 26.3 Å². The number of thiophene rings is 1. The Morgan fingerprint density at radius 1 is 1.10 bits per heavy atom. The fourth-order valence-electron chi connectivity index (χ4n) is 5.43. The number of rotatable bonds is 9. The summed E-state index contributed by atoms with van der Waals surface area (Å²) in [5.41, 5.74) is -2.96. The molecule has 1 saturated heterocycles. The van der Waals surface area contributed by atoms with Crippen molar-refractivity contribution in [1.29, 1.82) is 0 Å². The summed E-state index contributed by atoms with van der Waals surface area (Å²) in [6.07, 6.45) is 1.80. The van der Waals surface area contributed by atoms with Crippen molar-refractivity contribution in [2.45, 2.75) is 44.1 Å². The number of H-pyrrole nitrogens is 1. The Labute approximate surface area is 241 Å². The van der Waals surface area contributed by atoms with Gasteiger partial charge in [-0.3, -0.25) is 14.4 Å². The summed E-state index contributed by atoms with van der Waals surface area (Å²) in [7, 11) is 0. The minimum atomic E-state index is -5.27. The first kappa shape index (κ1) is 28.6. The minimum Gasteiger partial charge on any atom is -0.460 e. The predicted molar refractivity (Wildman–Crippen MR) is 151 cm³/mol. The number of alkyl halides is 5. The largest absolute Gasteiger partial charge is 0.460 e. The van der Waals surface area contributed by atoms with Crippen LogP contribution in [0.1, 0.15) is 31.7 Å². The lowest BCUT2D eigenvalue weighted by molar-refractivity contribution is -0.228. The van der Waals surface area contributed by atoms with Crippen LogP contribution in [-0.4, -0.2) is 53.6 Å². The van der Waals surface area contributed by atoms with Gasteiger partial charge in [-0.25, -0.2) is 8.78 Å². The van der Waals surface area contributed by atoms with Crippen LogP contribution < -0.4 is 10.1 Å². The molecule has 6 rings (SSSR count). The number of hydrogen-bond donors (Lipinski definition) is 2. The van der Waals surface area contributed by atoms with E-state index in [9.17, 15) is 22.0 Å². The van der Waals surface area contributed by atoms with Gasteiger partial charge in [0.2, 0.25) is 5.67 Å². The highest BCUT2D eigenvalue weighted by Gasteiger charge is 2.54. The number of benzene rings is 2. The number of nitrogens with one attached hydrogen (secondary N) is 2. The van der Waals surface area contributed by atoms with Gasteiger partial charge in [0.05, 0.1) is 29.3 Å². The Kier molecular flexibility index (Phi) is 7.46. The van der Waals surface area contributed by atoms with E-state index in [1.54, 1.807) is 18.3 Å². The molecule has 0 spiro atoms. The van der Waals surface area contributed by atoms with Crippen LogP contribution >= 0.6 is 11.3 Å². The molecule has 2 aliphatic rings. The maximum atomic E-state index is 15.4.